The van der Waals surface area contributed by atoms with Gasteiger partial charge in [-0.05, 0) is 24.1 Å². The van der Waals surface area contributed by atoms with Crippen LogP contribution in [0.4, 0.5) is 0 Å². The van der Waals surface area contributed by atoms with Gasteiger partial charge in [-0.1, -0.05) is 0 Å². The average Bonchev–Trinajstić information content (AvgIpc) is 2.80. The minimum atomic E-state index is 0.396. The minimum Gasteiger partial charge on any atom is -0.372 e. The second-order valence-corrected chi connectivity index (χ2v) is 4.88. The highest BCUT2D eigenvalue weighted by molar-refractivity contribution is 5.08. The van der Waals surface area contributed by atoms with Gasteiger partial charge in [-0.25, -0.2) is 0 Å². The van der Waals surface area contributed by atoms with Crippen molar-refractivity contribution in [3.63, 3.8) is 0 Å². The summed E-state index contributed by atoms with van der Waals surface area (Å²) in [6.45, 7) is 5.21. The van der Waals surface area contributed by atoms with Gasteiger partial charge in [-0.2, -0.15) is 0 Å². The first kappa shape index (κ1) is 11.1. The maximum atomic E-state index is 5.98. The maximum absolute atomic E-state index is 5.98. The van der Waals surface area contributed by atoms with Gasteiger partial charge in [0.05, 0.1) is 12.7 Å². The molecule has 1 aromatic rings. The zero-order valence-corrected chi connectivity index (χ0v) is 10.0. The molecule has 1 N–H and O–H groups in total. The molecule has 0 unspecified atom stereocenters. The highest BCUT2D eigenvalue weighted by atomic mass is 16.5. The minimum absolute atomic E-state index is 0.396. The van der Waals surface area contributed by atoms with Crippen molar-refractivity contribution in [2.45, 2.75) is 25.2 Å². The van der Waals surface area contributed by atoms with Gasteiger partial charge in [0.15, 0.2) is 0 Å². The lowest BCUT2D eigenvalue weighted by Gasteiger charge is -2.29. The third kappa shape index (κ3) is 2.65. The molecule has 4 heteroatoms. The molecule has 4 nitrogen and oxygen atoms in total. The van der Waals surface area contributed by atoms with Crippen LogP contribution in [-0.2, 0) is 11.3 Å². The standard InChI is InChI=1S/C13H19N3O/c1-3-14-4-2-11(1)10-17-13-7-12-8-15-5-6-16(12)9-13/h1-4,12-13,15H,5-10H2/t12-,13-/m0/s1. The Labute approximate surface area is 102 Å². The quantitative estimate of drug-likeness (QED) is 0.831. The first-order valence-electron chi connectivity index (χ1n) is 6.37. The number of piperazine rings is 1. The first-order chi connectivity index (χ1) is 8.42. The summed E-state index contributed by atoms with van der Waals surface area (Å²) >= 11 is 0. The summed E-state index contributed by atoms with van der Waals surface area (Å²) < 4.78 is 5.98. The van der Waals surface area contributed by atoms with Crippen LogP contribution in [0, 0.1) is 0 Å². The molecule has 2 atom stereocenters. The number of rotatable bonds is 3. The van der Waals surface area contributed by atoms with Crippen molar-refractivity contribution in [3.05, 3.63) is 30.1 Å². The van der Waals surface area contributed by atoms with Gasteiger partial charge < -0.3 is 10.1 Å². The third-order valence-electron chi connectivity index (χ3n) is 3.68. The molecular weight excluding hydrogens is 214 g/mol. The fourth-order valence-corrected chi connectivity index (χ4v) is 2.73. The van der Waals surface area contributed by atoms with Crippen LogP contribution >= 0.6 is 0 Å². The molecule has 0 aromatic carbocycles. The van der Waals surface area contributed by atoms with Crippen LogP contribution in [0.5, 0.6) is 0 Å². The Balaban J connectivity index is 1.50. The molecule has 2 aliphatic heterocycles. The molecule has 2 saturated heterocycles. The molecule has 92 valence electrons. The van der Waals surface area contributed by atoms with Gasteiger partial charge in [0.1, 0.15) is 0 Å². The summed E-state index contributed by atoms with van der Waals surface area (Å²) in [5.74, 6) is 0. The van der Waals surface area contributed by atoms with E-state index < -0.39 is 0 Å². The molecule has 0 radical (unpaired) electrons. The number of nitrogens with zero attached hydrogens (tertiary/aromatic N) is 2. The van der Waals surface area contributed by atoms with Crippen LogP contribution in [0.25, 0.3) is 0 Å². The monoisotopic (exact) mass is 233 g/mol. The van der Waals surface area contributed by atoms with E-state index in [1.165, 1.54) is 12.1 Å². The Bertz CT molecular complexity index is 343. The number of fused-ring (bicyclic) bond motifs is 1. The lowest BCUT2D eigenvalue weighted by Crippen LogP contribution is -2.47. The first-order valence-corrected chi connectivity index (χ1v) is 6.37. The van der Waals surface area contributed by atoms with Gasteiger partial charge in [0.25, 0.3) is 0 Å². The molecule has 1 aromatic heterocycles. The third-order valence-corrected chi connectivity index (χ3v) is 3.68. The smallest absolute Gasteiger partial charge is 0.0722 e. The van der Waals surface area contributed by atoms with Gasteiger partial charge in [-0.15, -0.1) is 0 Å². The van der Waals surface area contributed by atoms with Gasteiger partial charge in [0, 0.05) is 44.6 Å². The summed E-state index contributed by atoms with van der Waals surface area (Å²) in [7, 11) is 0. The number of pyridine rings is 1. The van der Waals surface area contributed by atoms with E-state index in [-0.39, 0.29) is 0 Å². The van der Waals surface area contributed by atoms with E-state index in [1.54, 1.807) is 0 Å². The Morgan fingerprint density at radius 3 is 3.12 bits per heavy atom. The highest BCUT2D eigenvalue weighted by Gasteiger charge is 2.33. The number of aromatic nitrogens is 1. The van der Waals surface area contributed by atoms with Crippen LogP contribution < -0.4 is 5.32 Å². The van der Waals surface area contributed by atoms with E-state index in [2.05, 4.69) is 15.2 Å². The number of nitrogens with one attached hydrogen (secondary N) is 1. The topological polar surface area (TPSA) is 37.4 Å². The molecule has 0 spiro atoms. The predicted octanol–water partition coefficient (Wildman–Crippen LogP) is 0.644. The van der Waals surface area contributed by atoms with E-state index >= 15 is 0 Å². The van der Waals surface area contributed by atoms with Crippen molar-refractivity contribution in [2.24, 2.45) is 0 Å². The fraction of sp³-hybridized carbons (Fsp3) is 0.615. The van der Waals surface area contributed by atoms with Crippen molar-refractivity contribution in [3.8, 4) is 0 Å². The summed E-state index contributed by atoms with van der Waals surface area (Å²) in [6.07, 6.45) is 5.20. The van der Waals surface area contributed by atoms with E-state index in [0.717, 1.165) is 26.1 Å². The molecule has 0 saturated carbocycles. The van der Waals surface area contributed by atoms with E-state index in [0.29, 0.717) is 18.8 Å². The summed E-state index contributed by atoms with van der Waals surface area (Å²) in [6, 6.07) is 4.72. The van der Waals surface area contributed by atoms with Gasteiger partial charge in [-0.3, -0.25) is 9.88 Å². The van der Waals surface area contributed by atoms with Crippen LogP contribution in [0.3, 0.4) is 0 Å². The number of ether oxygens (including phenoxy) is 1. The highest BCUT2D eigenvalue weighted by Crippen LogP contribution is 2.22. The molecular formula is C13H19N3O. The van der Waals surface area contributed by atoms with Crippen molar-refractivity contribution < 1.29 is 4.74 Å². The second kappa shape index (κ2) is 5.12. The van der Waals surface area contributed by atoms with Crippen molar-refractivity contribution in [2.75, 3.05) is 26.2 Å². The van der Waals surface area contributed by atoms with Gasteiger partial charge >= 0.3 is 0 Å². The van der Waals surface area contributed by atoms with Crippen LogP contribution in [0.15, 0.2) is 24.5 Å². The van der Waals surface area contributed by atoms with E-state index in [9.17, 15) is 0 Å². The second-order valence-electron chi connectivity index (χ2n) is 4.88. The number of hydrogen-bond donors (Lipinski definition) is 1. The molecule has 2 aliphatic rings. The van der Waals surface area contributed by atoms with Crippen molar-refractivity contribution in [1.82, 2.24) is 15.2 Å². The van der Waals surface area contributed by atoms with Gasteiger partial charge in [0.2, 0.25) is 0 Å². The molecule has 17 heavy (non-hydrogen) atoms. The largest absolute Gasteiger partial charge is 0.372 e. The van der Waals surface area contributed by atoms with Crippen molar-refractivity contribution >= 4 is 0 Å². The normalized spacial score (nSPS) is 29.2. The van der Waals surface area contributed by atoms with E-state index in [4.69, 9.17) is 4.74 Å². The Morgan fingerprint density at radius 2 is 2.29 bits per heavy atom. The SMILES string of the molecule is c1cc(CO[C@H]2C[C@H]3CNCCN3C2)ccn1. The lowest BCUT2D eigenvalue weighted by molar-refractivity contribution is 0.0468. The average molecular weight is 233 g/mol. The molecule has 3 rings (SSSR count). The van der Waals surface area contributed by atoms with Crippen molar-refractivity contribution in [1.29, 1.82) is 0 Å². The predicted molar refractivity (Wildman–Crippen MR) is 65.7 cm³/mol. The summed E-state index contributed by atoms with van der Waals surface area (Å²) in [5, 5.41) is 3.45. The van der Waals surface area contributed by atoms with E-state index in [1.807, 2.05) is 24.5 Å². The summed E-state index contributed by atoms with van der Waals surface area (Å²) in [5.41, 5.74) is 1.21. The molecule has 0 amide bonds. The van der Waals surface area contributed by atoms with Crippen LogP contribution in [0.1, 0.15) is 12.0 Å². The molecule has 3 heterocycles. The lowest BCUT2D eigenvalue weighted by atomic mass is 10.2. The molecule has 0 bridgehead atoms. The van der Waals surface area contributed by atoms with Crippen LogP contribution in [-0.4, -0.2) is 48.2 Å². The van der Waals surface area contributed by atoms with Crippen LogP contribution in [0.2, 0.25) is 0 Å². The zero-order chi connectivity index (χ0) is 11.5. The Hall–Kier alpha value is -0.970. The fourth-order valence-electron chi connectivity index (χ4n) is 2.73. The number of hydrogen-bond acceptors (Lipinski definition) is 4. The Kier molecular flexibility index (Phi) is 3.36. The molecule has 0 aliphatic carbocycles. The molecule has 2 fully saturated rings. The zero-order valence-electron chi connectivity index (χ0n) is 10.0. The Morgan fingerprint density at radius 1 is 1.41 bits per heavy atom. The summed E-state index contributed by atoms with van der Waals surface area (Å²) in [4.78, 5) is 6.56. The maximum Gasteiger partial charge on any atom is 0.0722 e.